The van der Waals surface area contributed by atoms with Crippen molar-refractivity contribution in [2.75, 3.05) is 25.1 Å². The van der Waals surface area contributed by atoms with E-state index >= 15 is 0 Å². The van der Waals surface area contributed by atoms with Crippen molar-refractivity contribution in [3.63, 3.8) is 0 Å². The second-order valence-electron chi connectivity index (χ2n) is 6.08. The quantitative estimate of drug-likeness (QED) is 0.851. The third-order valence-electron chi connectivity index (χ3n) is 4.22. The molecule has 4 nitrogen and oxygen atoms in total. The average molecular weight is 300 g/mol. The molecule has 1 fully saturated rings. The Morgan fingerprint density at radius 1 is 1.32 bits per heavy atom. The summed E-state index contributed by atoms with van der Waals surface area (Å²) in [4.78, 5) is 7.17. The van der Waals surface area contributed by atoms with Crippen molar-refractivity contribution < 1.29 is 9.84 Å². The van der Waals surface area contributed by atoms with Gasteiger partial charge in [-0.3, -0.25) is 0 Å². The summed E-state index contributed by atoms with van der Waals surface area (Å²) >= 11 is 0. The molecule has 1 N–H and O–H groups in total. The summed E-state index contributed by atoms with van der Waals surface area (Å²) in [6, 6.07) is 7.93. The molecule has 0 unspecified atom stereocenters. The van der Waals surface area contributed by atoms with Gasteiger partial charge >= 0.3 is 0 Å². The van der Waals surface area contributed by atoms with Gasteiger partial charge < -0.3 is 14.7 Å². The zero-order valence-corrected chi connectivity index (χ0v) is 13.4. The minimum Gasteiger partial charge on any atom is -0.497 e. The van der Waals surface area contributed by atoms with Gasteiger partial charge in [0.1, 0.15) is 11.6 Å². The number of aliphatic hydroxyl groups is 1. The van der Waals surface area contributed by atoms with Crippen molar-refractivity contribution >= 4 is 16.7 Å². The zero-order valence-electron chi connectivity index (χ0n) is 13.4. The van der Waals surface area contributed by atoms with Gasteiger partial charge in [0.2, 0.25) is 0 Å². The lowest BCUT2D eigenvalue weighted by Crippen LogP contribution is -2.28. The summed E-state index contributed by atoms with van der Waals surface area (Å²) in [7, 11) is 1.66. The van der Waals surface area contributed by atoms with Crippen LogP contribution in [0.25, 0.3) is 10.9 Å². The number of aromatic nitrogens is 1. The highest BCUT2D eigenvalue weighted by Crippen LogP contribution is 2.33. The Hall–Kier alpha value is -1.81. The van der Waals surface area contributed by atoms with E-state index in [1.807, 2.05) is 24.3 Å². The monoisotopic (exact) mass is 300 g/mol. The molecule has 2 aromatic rings. The minimum atomic E-state index is 0.0143. The number of ether oxygens (including phenoxy) is 1. The molecular weight excluding hydrogens is 276 g/mol. The van der Waals surface area contributed by atoms with Crippen LogP contribution < -0.4 is 9.64 Å². The summed E-state index contributed by atoms with van der Waals surface area (Å²) in [6.45, 7) is 4.23. The Morgan fingerprint density at radius 2 is 2.14 bits per heavy atom. The summed E-state index contributed by atoms with van der Waals surface area (Å²) in [6.07, 6.45) is 3.72. The van der Waals surface area contributed by atoms with Crippen molar-refractivity contribution in [2.45, 2.75) is 32.8 Å². The highest BCUT2D eigenvalue weighted by molar-refractivity contribution is 5.83. The molecule has 0 saturated heterocycles. The number of pyridine rings is 1. The lowest BCUT2D eigenvalue weighted by Gasteiger charge is -2.25. The summed E-state index contributed by atoms with van der Waals surface area (Å²) in [5.74, 6) is 2.55. The van der Waals surface area contributed by atoms with Crippen molar-refractivity contribution in [3.05, 3.63) is 29.8 Å². The Bertz CT molecular complexity index is 653. The molecular formula is C18H24N2O2. The molecule has 0 spiro atoms. The molecule has 1 aliphatic carbocycles. The van der Waals surface area contributed by atoms with Crippen LogP contribution in [0.5, 0.6) is 5.75 Å². The van der Waals surface area contributed by atoms with E-state index < -0.39 is 0 Å². The lowest BCUT2D eigenvalue weighted by molar-refractivity contribution is 0.281. The van der Waals surface area contributed by atoms with E-state index in [1.165, 1.54) is 12.8 Å². The van der Waals surface area contributed by atoms with Crippen LogP contribution in [0.1, 0.15) is 31.7 Å². The molecule has 3 rings (SSSR count). The fraction of sp³-hybridized carbons (Fsp3) is 0.500. The predicted molar refractivity (Wildman–Crippen MR) is 89.4 cm³/mol. The van der Waals surface area contributed by atoms with Gasteiger partial charge in [0.05, 0.1) is 19.2 Å². The van der Waals surface area contributed by atoms with E-state index in [0.29, 0.717) is 0 Å². The van der Waals surface area contributed by atoms with Gasteiger partial charge in [-0.05, 0) is 49.4 Å². The van der Waals surface area contributed by atoms with Crippen LogP contribution in [0.3, 0.4) is 0 Å². The topological polar surface area (TPSA) is 45.6 Å². The van der Waals surface area contributed by atoms with Gasteiger partial charge in [-0.25, -0.2) is 4.98 Å². The van der Waals surface area contributed by atoms with Crippen molar-refractivity contribution in [1.29, 1.82) is 0 Å². The number of hydrogen-bond donors (Lipinski definition) is 1. The fourth-order valence-electron chi connectivity index (χ4n) is 2.87. The molecule has 0 atom stereocenters. The SMILES string of the molecule is CCCN(CC1CC1)c1nc2ccc(OC)cc2cc1CO. The van der Waals surface area contributed by atoms with E-state index in [-0.39, 0.29) is 6.61 Å². The van der Waals surface area contributed by atoms with Crippen LogP contribution in [0.4, 0.5) is 5.82 Å². The Morgan fingerprint density at radius 3 is 2.77 bits per heavy atom. The molecule has 0 bridgehead atoms. The molecule has 118 valence electrons. The van der Waals surface area contributed by atoms with Gasteiger partial charge in [-0.15, -0.1) is 0 Å². The van der Waals surface area contributed by atoms with E-state index in [9.17, 15) is 5.11 Å². The second-order valence-corrected chi connectivity index (χ2v) is 6.08. The maximum atomic E-state index is 9.77. The zero-order chi connectivity index (χ0) is 15.5. The number of anilines is 1. The van der Waals surface area contributed by atoms with Gasteiger partial charge in [-0.1, -0.05) is 6.92 Å². The van der Waals surface area contributed by atoms with Gasteiger partial charge in [0, 0.05) is 24.0 Å². The molecule has 4 heteroatoms. The first kappa shape index (κ1) is 15.1. The number of nitrogens with zero attached hydrogens (tertiary/aromatic N) is 2. The number of fused-ring (bicyclic) bond motifs is 1. The first-order valence-corrected chi connectivity index (χ1v) is 8.08. The molecule has 1 saturated carbocycles. The van der Waals surface area contributed by atoms with Crippen molar-refractivity contribution in [2.24, 2.45) is 5.92 Å². The van der Waals surface area contributed by atoms with Crippen LogP contribution in [-0.2, 0) is 6.61 Å². The van der Waals surface area contributed by atoms with E-state index in [0.717, 1.165) is 53.5 Å². The van der Waals surface area contributed by atoms with Crippen LogP contribution in [0.2, 0.25) is 0 Å². The van der Waals surface area contributed by atoms with Crippen LogP contribution >= 0.6 is 0 Å². The van der Waals surface area contributed by atoms with Gasteiger partial charge in [0.15, 0.2) is 0 Å². The van der Waals surface area contributed by atoms with Gasteiger partial charge in [-0.2, -0.15) is 0 Å². The van der Waals surface area contributed by atoms with Crippen molar-refractivity contribution in [1.82, 2.24) is 4.98 Å². The van der Waals surface area contributed by atoms with Crippen LogP contribution in [0, 0.1) is 5.92 Å². The second kappa shape index (κ2) is 6.53. The lowest BCUT2D eigenvalue weighted by atomic mass is 10.1. The molecule has 0 amide bonds. The Labute approximate surface area is 131 Å². The number of aliphatic hydroxyl groups excluding tert-OH is 1. The molecule has 1 aliphatic rings. The average Bonchev–Trinajstić information content (AvgIpc) is 3.36. The van der Waals surface area contributed by atoms with E-state index in [4.69, 9.17) is 9.72 Å². The number of rotatable bonds is 7. The van der Waals surface area contributed by atoms with E-state index in [2.05, 4.69) is 11.8 Å². The van der Waals surface area contributed by atoms with Crippen LogP contribution in [-0.4, -0.2) is 30.3 Å². The molecule has 1 aromatic heterocycles. The first-order valence-electron chi connectivity index (χ1n) is 8.08. The third-order valence-corrected chi connectivity index (χ3v) is 4.22. The Balaban J connectivity index is 2.01. The largest absolute Gasteiger partial charge is 0.497 e. The normalized spacial score (nSPS) is 14.3. The van der Waals surface area contributed by atoms with Gasteiger partial charge in [0.25, 0.3) is 0 Å². The minimum absolute atomic E-state index is 0.0143. The molecule has 0 radical (unpaired) electrons. The first-order chi connectivity index (χ1) is 10.7. The highest BCUT2D eigenvalue weighted by atomic mass is 16.5. The standard InChI is InChI=1S/C18H24N2O2/c1-3-8-20(11-13-4-5-13)18-15(12-21)9-14-10-16(22-2)6-7-17(14)19-18/h6-7,9-10,13,21H,3-5,8,11-12H2,1-2H3. The maximum Gasteiger partial charge on any atom is 0.134 e. The number of hydrogen-bond acceptors (Lipinski definition) is 4. The van der Waals surface area contributed by atoms with Crippen molar-refractivity contribution in [3.8, 4) is 5.75 Å². The fourth-order valence-corrected chi connectivity index (χ4v) is 2.87. The summed E-state index contributed by atoms with van der Waals surface area (Å²) < 4.78 is 5.27. The number of methoxy groups -OCH3 is 1. The number of benzene rings is 1. The summed E-state index contributed by atoms with van der Waals surface area (Å²) in [5.41, 5.74) is 1.85. The van der Waals surface area contributed by atoms with Crippen LogP contribution in [0.15, 0.2) is 24.3 Å². The highest BCUT2D eigenvalue weighted by Gasteiger charge is 2.25. The Kier molecular flexibility index (Phi) is 4.48. The molecule has 0 aliphatic heterocycles. The predicted octanol–water partition coefficient (Wildman–Crippen LogP) is 3.36. The molecule has 22 heavy (non-hydrogen) atoms. The maximum absolute atomic E-state index is 9.77. The smallest absolute Gasteiger partial charge is 0.134 e. The van der Waals surface area contributed by atoms with E-state index in [1.54, 1.807) is 7.11 Å². The molecule has 1 aromatic carbocycles. The third kappa shape index (κ3) is 3.17. The summed E-state index contributed by atoms with van der Waals surface area (Å²) in [5, 5.41) is 10.8. The molecule has 1 heterocycles.